The first-order valence-electron chi connectivity index (χ1n) is 4.59. The average molecular weight is 271 g/mol. The zero-order chi connectivity index (χ0) is 12.3. The van der Waals surface area contributed by atoms with E-state index in [0.29, 0.717) is 16.5 Å². The Morgan fingerprint density at radius 2 is 2.35 bits per heavy atom. The maximum absolute atomic E-state index is 10.8. The minimum atomic E-state index is -1.05. The lowest BCUT2D eigenvalue weighted by molar-refractivity contribution is 0.0699. The van der Waals surface area contributed by atoms with Gasteiger partial charge in [-0.1, -0.05) is 22.2 Å². The van der Waals surface area contributed by atoms with E-state index in [1.165, 1.54) is 0 Å². The number of rotatable bonds is 4. The van der Waals surface area contributed by atoms with Crippen LogP contribution in [0.3, 0.4) is 0 Å². The largest absolute Gasteiger partial charge is 0.487 e. The quantitative estimate of drug-likeness (QED) is 0.924. The van der Waals surface area contributed by atoms with Gasteiger partial charge in [0.25, 0.3) is 0 Å². The van der Waals surface area contributed by atoms with E-state index in [9.17, 15) is 4.79 Å². The summed E-state index contributed by atoms with van der Waals surface area (Å²) < 4.78 is 8.96. The molecule has 1 aromatic carbocycles. The first kappa shape index (κ1) is 11.8. The van der Waals surface area contributed by atoms with E-state index in [1.54, 1.807) is 24.3 Å². The van der Waals surface area contributed by atoms with Gasteiger partial charge < -0.3 is 9.84 Å². The smallest absolute Gasteiger partial charge is 0.349 e. The normalized spacial score (nSPS) is 10.2. The molecule has 0 aliphatic heterocycles. The molecule has 0 saturated heterocycles. The van der Waals surface area contributed by atoms with Crippen LogP contribution in [0.4, 0.5) is 0 Å². The zero-order valence-corrected chi connectivity index (χ0v) is 10.0. The summed E-state index contributed by atoms with van der Waals surface area (Å²) in [6, 6.07) is 6.84. The lowest BCUT2D eigenvalue weighted by Gasteiger charge is -2.04. The van der Waals surface area contributed by atoms with Crippen LogP contribution in [0.15, 0.2) is 24.3 Å². The molecule has 0 saturated carbocycles. The number of nitrogens with zero attached hydrogens (tertiary/aromatic N) is 2. The SMILES string of the molecule is O=C(O)c1snnc1COc1cccc(Cl)c1. The van der Waals surface area contributed by atoms with Crippen molar-refractivity contribution in [2.75, 3.05) is 0 Å². The molecule has 0 atom stereocenters. The van der Waals surface area contributed by atoms with Crippen LogP contribution in [0.25, 0.3) is 0 Å². The highest BCUT2D eigenvalue weighted by Gasteiger charge is 2.15. The molecule has 0 bridgehead atoms. The molecule has 1 aromatic heterocycles. The Bertz CT molecular complexity index is 544. The standard InChI is InChI=1S/C10H7ClN2O3S/c11-6-2-1-3-7(4-6)16-5-8-9(10(14)15)17-13-12-8/h1-4H,5H2,(H,14,15). The van der Waals surface area contributed by atoms with Gasteiger partial charge in [0.1, 0.15) is 18.1 Å². The van der Waals surface area contributed by atoms with Gasteiger partial charge in [-0.25, -0.2) is 4.79 Å². The second-order valence-electron chi connectivity index (χ2n) is 3.10. The van der Waals surface area contributed by atoms with Crippen LogP contribution in [-0.4, -0.2) is 20.7 Å². The van der Waals surface area contributed by atoms with E-state index < -0.39 is 5.97 Å². The third-order valence-electron chi connectivity index (χ3n) is 1.92. The molecular weight excluding hydrogens is 264 g/mol. The molecule has 0 unspecified atom stereocenters. The molecule has 0 spiro atoms. The number of ether oxygens (including phenoxy) is 1. The number of hydrogen-bond acceptors (Lipinski definition) is 5. The summed E-state index contributed by atoms with van der Waals surface area (Å²) in [7, 11) is 0. The van der Waals surface area contributed by atoms with Crippen LogP contribution in [0.5, 0.6) is 5.75 Å². The van der Waals surface area contributed by atoms with Gasteiger partial charge in [0.2, 0.25) is 0 Å². The summed E-state index contributed by atoms with van der Waals surface area (Å²) in [5.41, 5.74) is 0.308. The Balaban J connectivity index is 2.07. The van der Waals surface area contributed by atoms with Crippen LogP contribution in [0.2, 0.25) is 5.02 Å². The predicted molar refractivity (Wildman–Crippen MR) is 62.7 cm³/mol. The van der Waals surface area contributed by atoms with E-state index in [2.05, 4.69) is 9.59 Å². The Kier molecular flexibility index (Phi) is 3.55. The topological polar surface area (TPSA) is 72.3 Å². The van der Waals surface area contributed by atoms with Gasteiger partial charge in [-0.2, -0.15) is 0 Å². The summed E-state index contributed by atoms with van der Waals surface area (Å²) in [5, 5.41) is 13.1. The second-order valence-corrected chi connectivity index (χ2v) is 4.29. The molecule has 1 N–H and O–H groups in total. The minimum absolute atomic E-state index is 0.0540. The highest BCUT2D eigenvalue weighted by molar-refractivity contribution is 7.07. The third kappa shape index (κ3) is 2.92. The fourth-order valence-electron chi connectivity index (χ4n) is 1.17. The van der Waals surface area contributed by atoms with Gasteiger partial charge in [0.15, 0.2) is 4.88 Å². The van der Waals surface area contributed by atoms with Gasteiger partial charge >= 0.3 is 5.97 Å². The Morgan fingerprint density at radius 3 is 3.06 bits per heavy atom. The Labute approximate surface area is 106 Å². The molecule has 0 radical (unpaired) electrons. The van der Waals surface area contributed by atoms with Crippen LogP contribution in [-0.2, 0) is 6.61 Å². The first-order chi connectivity index (χ1) is 8.16. The number of halogens is 1. The van der Waals surface area contributed by atoms with Crippen molar-refractivity contribution in [1.82, 2.24) is 9.59 Å². The van der Waals surface area contributed by atoms with Crippen molar-refractivity contribution in [3.8, 4) is 5.75 Å². The lowest BCUT2D eigenvalue weighted by atomic mass is 10.3. The van der Waals surface area contributed by atoms with Crippen LogP contribution in [0, 0.1) is 0 Å². The highest BCUT2D eigenvalue weighted by Crippen LogP contribution is 2.19. The van der Waals surface area contributed by atoms with E-state index in [0.717, 1.165) is 11.5 Å². The molecule has 5 nitrogen and oxygen atoms in total. The second kappa shape index (κ2) is 5.11. The number of carboxylic acid groups (broad SMARTS) is 1. The molecule has 2 rings (SSSR count). The fraction of sp³-hybridized carbons (Fsp3) is 0.100. The molecule has 0 amide bonds. The molecule has 0 aliphatic rings. The summed E-state index contributed by atoms with van der Waals surface area (Å²) in [6.07, 6.45) is 0. The van der Waals surface area contributed by atoms with E-state index in [1.807, 2.05) is 0 Å². The van der Waals surface area contributed by atoms with Gasteiger partial charge in [-0.3, -0.25) is 0 Å². The highest BCUT2D eigenvalue weighted by atomic mass is 35.5. The summed E-state index contributed by atoms with van der Waals surface area (Å²) >= 11 is 6.62. The molecule has 7 heteroatoms. The summed E-state index contributed by atoms with van der Waals surface area (Å²) in [5.74, 6) is -0.494. The van der Waals surface area contributed by atoms with Crippen molar-refractivity contribution >= 4 is 29.1 Å². The molecule has 88 valence electrons. The fourth-order valence-corrected chi connectivity index (χ4v) is 1.86. The third-order valence-corrected chi connectivity index (χ3v) is 2.91. The Morgan fingerprint density at radius 1 is 1.53 bits per heavy atom. The average Bonchev–Trinajstić information content (AvgIpc) is 2.74. The summed E-state index contributed by atoms with van der Waals surface area (Å²) in [4.78, 5) is 10.9. The number of carbonyl (C=O) groups is 1. The minimum Gasteiger partial charge on any atom is -0.487 e. The van der Waals surface area contributed by atoms with Crippen molar-refractivity contribution in [2.45, 2.75) is 6.61 Å². The maximum atomic E-state index is 10.8. The van der Waals surface area contributed by atoms with Gasteiger partial charge in [-0.15, -0.1) is 5.10 Å². The number of carboxylic acids is 1. The van der Waals surface area contributed by atoms with Crippen LogP contribution in [0.1, 0.15) is 15.4 Å². The molecule has 0 fully saturated rings. The number of benzene rings is 1. The van der Waals surface area contributed by atoms with Gasteiger partial charge in [0.05, 0.1) is 0 Å². The molecule has 17 heavy (non-hydrogen) atoms. The van der Waals surface area contributed by atoms with Crippen LogP contribution < -0.4 is 4.74 Å². The predicted octanol–water partition coefficient (Wildman–Crippen LogP) is 2.47. The van der Waals surface area contributed by atoms with Crippen molar-refractivity contribution in [3.05, 3.63) is 39.9 Å². The molecular formula is C10H7ClN2O3S. The number of aromatic nitrogens is 2. The molecule has 0 aliphatic carbocycles. The maximum Gasteiger partial charge on any atom is 0.349 e. The first-order valence-corrected chi connectivity index (χ1v) is 5.75. The van der Waals surface area contributed by atoms with Crippen LogP contribution >= 0.6 is 23.1 Å². The monoisotopic (exact) mass is 270 g/mol. The van der Waals surface area contributed by atoms with Crippen molar-refractivity contribution < 1.29 is 14.6 Å². The molecule has 1 heterocycles. The van der Waals surface area contributed by atoms with Crippen molar-refractivity contribution in [3.63, 3.8) is 0 Å². The summed E-state index contributed by atoms with van der Waals surface area (Å²) in [6.45, 7) is 0.0540. The van der Waals surface area contributed by atoms with Gasteiger partial charge in [0, 0.05) is 5.02 Å². The lowest BCUT2D eigenvalue weighted by Crippen LogP contribution is -2.03. The number of aromatic carboxylic acids is 1. The van der Waals surface area contributed by atoms with Crippen molar-refractivity contribution in [2.24, 2.45) is 0 Å². The van der Waals surface area contributed by atoms with Crippen molar-refractivity contribution in [1.29, 1.82) is 0 Å². The zero-order valence-electron chi connectivity index (χ0n) is 8.46. The number of hydrogen-bond donors (Lipinski definition) is 1. The van der Waals surface area contributed by atoms with E-state index >= 15 is 0 Å². The molecule has 2 aromatic rings. The van der Waals surface area contributed by atoms with E-state index in [4.69, 9.17) is 21.4 Å². The van der Waals surface area contributed by atoms with E-state index in [-0.39, 0.29) is 11.5 Å². The van der Waals surface area contributed by atoms with Gasteiger partial charge in [-0.05, 0) is 29.7 Å². The Hall–Kier alpha value is -1.66.